The second-order valence-electron chi connectivity index (χ2n) is 4.93. The molecular weight excluding hydrogens is 248 g/mol. The van der Waals surface area contributed by atoms with Gasteiger partial charge in [-0.2, -0.15) is 5.10 Å². The predicted octanol–water partition coefficient (Wildman–Crippen LogP) is 2.80. The zero-order valence-electron chi connectivity index (χ0n) is 10.2. The third-order valence-electron chi connectivity index (χ3n) is 3.82. The molecule has 2 atom stereocenters. The van der Waals surface area contributed by atoms with Gasteiger partial charge in [0.25, 0.3) is 0 Å². The molecule has 1 aliphatic carbocycles. The molecule has 1 N–H and O–H groups in total. The number of rotatable bonds is 4. The quantitative estimate of drug-likeness (QED) is 0.864. The van der Waals surface area contributed by atoms with Crippen molar-refractivity contribution in [1.29, 1.82) is 0 Å². The highest BCUT2D eigenvalue weighted by molar-refractivity contribution is 6.18. The van der Waals surface area contributed by atoms with Crippen LogP contribution in [0.5, 0.6) is 0 Å². The average molecular weight is 265 g/mol. The summed E-state index contributed by atoms with van der Waals surface area (Å²) >= 11 is 5.99. The number of hydrogen-bond acceptors (Lipinski definition) is 3. The Morgan fingerprint density at radius 1 is 1.33 bits per heavy atom. The van der Waals surface area contributed by atoms with Crippen LogP contribution in [0.2, 0.25) is 0 Å². The van der Waals surface area contributed by atoms with Crippen LogP contribution in [-0.4, -0.2) is 27.0 Å². The molecule has 1 saturated carbocycles. The molecule has 96 valence electrons. The van der Waals surface area contributed by atoms with Gasteiger partial charge in [0.15, 0.2) is 5.65 Å². The molecule has 4 nitrogen and oxygen atoms in total. The standard InChI is InChI=1S/C13H17ClN4/c14-8-10-2-1-3-11(10)9-15-12-5-7-18-13(17-12)4-6-16-18/h4-7,10-11H,1-3,8-9H2,(H,15,17). The fraction of sp³-hybridized carbons (Fsp3) is 0.538. The first kappa shape index (κ1) is 11.8. The third kappa shape index (κ3) is 2.29. The first-order valence-corrected chi connectivity index (χ1v) is 7.00. The normalized spacial score (nSPS) is 23.6. The lowest BCUT2D eigenvalue weighted by molar-refractivity contribution is 0.444. The van der Waals surface area contributed by atoms with Crippen molar-refractivity contribution in [3.05, 3.63) is 24.5 Å². The summed E-state index contributed by atoms with van der Waals surface area (Å²) in [6.45, 7) is 0.967. The van der Waals surface area contributed by atoms with Crippen molar-refractivity contribution >= 4 is 23.1 Å². The molecule has 0 radical (unpaired) electrons. The summed E-state index contributed by atoms with van der Waals surface area (Å²) in [6.07, 6.45) is 7.54. The van der Waals surface area contributed by atoms with Gasteiger partial charge in [-0.05, 0) is 30.7 Å². The van der Waals surface area contributed by atoms with Crippen molar-refractivity contribution in [3.8, 4) is 0 Å². The summed E-state index contributed by atoms with van der Waals surface area (Å²) in [7, 11) is 0. The number of fused-ring (bicyclic) bond motifs is 1. The second kappa shape index (κ2) is 5.14. The molecule has 3 rings (SSSR count). The Morgan fingerprint density at radius 3 is 3.11 bits per heavy atom. The maximum Gasteiger partial charge on any atom is 0.157 e. The SMILES string of the molecule is ClCC1CCCC1CNc1ccn2nccc2n1. The number of hydrogen-bond donors (Lipinski definition) is 1. The van der Waals surface area contributed by atoms with E-state index in [0.29, 0.717) is 11.8 Å². The summed E-state index contributed by atoms with van der Waals surface area (Å²) in [5, 5.41) is 7.55. The zero-order chi connectivity index (χ0) is 12.4. The Balaban J connectivity index is 1.65. The summed E-state index contributed by atoms with van der Waals surface area (Å²) in [4.78, 5) is 4.50. The highest BCUT2D eigenvalue weighted by atomic mass is 35.5. The minimum Gasteiger partial charge on any atom is -0.370 e. The van der Waals surface area contributed by atoms with Crippen LogP contribution in [0.25, 0.3) is 5.65 Å². The Hall–Kier alpha value is -1.29. The molecule has 0 bridgehead atoms. The average Bonchev–Trinajstić information content (AvgIpc) is 3.04. The van der Waals surface area contributed by atoms with E-state index in [1.807, 2.05) is 18.3 Å². The van der Waals surface area contributed by atoms with Crippen LogP contribution < -0.4 is 5.32 Å². The number of nitrogens with zero attached hydrogens (tertiary/aromatic N) is 3. The van der Waals surface area contributed by atoms with Crippen LogP contribution >= 0.6 is 11.6 Å². The molecule has 2 heterocycles. The summed E-state index contributed by atoms with van der Waals surface area (Å²) < 4.78 is 1.77. The number of aromatic nitrogens is 3. The van der Waals surface area contributed by atoms with Crippen LogP contribution in [0.4, 0.5) is 5.82 Å². The molecule has 5 heteroatoms. The highest BCUT2D eigenvalue weighted by Gasteiger charge is 2.26. The minimum absolute atomic E-state index is 0.665. The van der Waals surface area contributed by atoms with E-state index >= 15 is 0 Å². The largest absolute Gasteiger partial charge is 0.370 e. The minimum atomic E-state index is 0.665. The molecule has 18 heavy (non-hydrogen) atoms. The van der Waals surface area contributed by atoms with Crippen molar-refractivity contribution in [2.75, 3.05) is 17.7 Å². The van der Waals surface area contributed by atoms with E-state index in [4.69, 9.17) is 11.6 Å². The zero-order valence-corrected chi connectivity index (χ0v) is 11.0. The summed E-state index contributed by atoms with van der Waals surface area (Å²) in [5.41, 5.74) is 0.875. The smallest absolute Gasteiger partial charge is 0.157 e. The maximum absolute atomic E-state index is 5.99. The van der Waals surface area contributed by atoms with Gasteiger partial charge in [0.05, 0.1) is 6.20 Å². The van der Waals surface area contributed by atoms with Gasteiger partial charge in [0, 0.05) is 24.7 Å². The van der Waals surface area contributed by atoms with E-state index in [0.717, 1.165) is 23.9 Å². The van der Waals surface area contributed by atoms with Crippen molar-refractivity contribution in [2.45, 2.75) is 19.3 Å². The fourth-order valence-corrected chi connectivity index (χ4v) is 3.14. The lowest BCUT2D eigenvalue weighted by Gasteiger charge is -2.17. The molecule has 0 saturated heterocycles. The molecule has 1 fully saturated rings. The predicted molar refractivity (Wildman–Crippen MR) is 73.0 cm³/mol. The first-order chi connectivity index (χ1) is 8.86. The van der Waals surface area contributed by atoms with Crippen LogP contribution in [-0.2, 0) is 0 Å². The van der Waals surface area contributed by atoms with Crippen molar-refractivity contribution in [3.63, 3.8) is 0 Å². The number of alkyl halides is 1. The topological polar surface area (TPSA) is 42.2 Å². The lowest BCUT2D eigenvalue weighted by Crippen LogP contribution is -2.19. The van der Waals surface area contributed by atoms with Gasteiger partial charge >= 0.3 is 0 Å². The molecule has 0 spiro atoms. The van der Waals surface area contributed by atoms with E-state index in [9.17, 15) is 0 Å². The Morgan fingerprint density at radius 2 is 2.22 bits per heavy atom. The molecule has 2 aromatic heterocycles. The van der Waals surface area contributed by atoms with E-state index < -0.39 is 0 Å². The second-order valence-corrected chi connectivity index (χ2v) is 5.24. The highest BCUT2D eigenvalue weighted by Crippen LogP contribution is 2.32. The molecule has 1 aliphatic rings. The lowest BCUT2D eigenvalue weighted by atomic mass is 9.98. The number of halogens is 1. The van der Waals surface area contributed by atoms with Gasteiger partial charge in [-0.1, -0.05) is 6.42 Å². The third-order valence-corrected chi connectivity index (χ3v) is 4.21. The van der Waals surface area contributed by atoms with Crippen molar-refractivity contribution in [2.24, 2.45) is 11.8 Å². The van der Waals surface area contributed by atoms with Crippen LogP contribution in [0.1, 0.15) is 19.3 Å². The Labute approximate surface area is 111 Å². The molecule has 0 amide bonds. The number of anilines is 1. The van der Waals surface area contributed by atoms with Gasteiger partial charge in [-0.15, -0.1) is 11.6 Å². The van der Waals surface area contributed by atoms with E-state index in [2.05, 4.69) is 15.4 Å². The number of nitrogens with one attached hydrogen (secondary N) is 1. The Bertz CT molecular complexity index is 524. The van der Waals surface area contributed by atoms with Gasteiger partial charge in [-0.3, -0.25) is 0 Å². The molecular formula is C13H17ClN4. The summed E-state index contributed by atoms with van der Waals surface area (Å²) in [6, 6.07) is 3.87. The van der Waals surface area contributed by atoms with Gasteiger partial charge in [-0.25, -0.2) is 9.50 Å². The van der Waals surface area contributed by atoms with Crippen LogP contribution in [0, 0.1) is 11.8 Å². The van der Waals surface area contributed by atoms with Crippen LogP contribution in [0.3, 0.4) is 0 Å². The molecule has 2 aromatic rings. The van der Waals surface area contributed by atoms with E-state index in [1.54, 1.807) is 10.7 Å². The van der Waals surface area contributed by atoms with E-state index in [-0.39, 0.29) is 0 Å². The van der Waals surface area contributed by atoms with Crippen molar-refractivity contribution in [1.82, 2.24) is 14.6 Å². The Kier molecular flexibility index (Phi) is 3.37. The molecule has 2 unspecified atom stereocenters. The van der Waals surface area contributed by atoms with Gasteiger partial charge in [0.2, 0.25) is 0 Å². The van der Waals surface area contributed by atoms with Gasteiger partial charge < -0.3 is 5.32 Å². The summed E-state index contributed by atoms with van der Waals surface area (Å²) in [5.74, 6) is 3.05. The maximum atomic E-state index is 5.99. The van der Waals surface area contributed by atoms with E-state index in [1.165, 1.54) is 19.3 Å². The monoisotopic (exact) mass is 264 g/mol. The van der Waals surface area contributed by atoms with Crippen molar-refractivity contribution < 1.29 is 0 Å². The van der Waals surface area contributed by atoms with Crippen LogP contribution in [0.15, 0.2) is 24.5 Å². The van der Waals surface area contributed by atoms with Gasteiger partial charge in [0.1, 0.15) is 5.82 Å². The first-order valence-electron chi connectivity index (χ1n) is 6.47. The molecule has 0 aromatic carbocycles. The fourth-order valence-electron chi connectivity index (χ4n) is 2.73. The molecule has 0 aliphatic heterocycles.